The molecule has 0 unspecified atom stereocenters. The van der Waals surface area contributed by atoms with Crippen molar-refractivity contribution in [3.63, 3.8) is 0 Å². The van der Waals surface area contributed by atoms with Crippen LogP contribution in [0.3, 0.4) is 0 Å². The first-order valence-electron chi connectivity index (χ1n) is 4.94. The fraction of sp³-hybridized carbons (Fsp3) is 0.250. The largest absolute Gasteiger partial charge is 0.478 e. The molecule has 0 spiro atoms. The lowest BCUT2D eigenvalue weighted by molar-refractivity contribution is 0.0698. The van der Waals surface area contributed by atoms with E-state index in [2.05, 4.69) is 15.9 Å². The molecule has 1 aromatic carbocycles. The lowest BCUT2D eigenvalue weighted by Gasteiger charge is -2.06. The molecule has 3 nitrogen and oxygen atoms in total. The zero-order valence-corrected chi connectivity index (χ0v) is 10.5. The van der Waals surface area contributed by atoms with Gasteiger partial charge >= 0.3 is 5.97 Å². The van der Waals surface area contributed by atoms with Crippen LogP contribution in [0.2, 0.25) is 0 Å². The summed E-state index contributed by atoms with van der Waals surface area (Å²) in [6.45, 7) is 4.09. The van der Waals surface area contributed by atoms with Crippen molar-refractivity contribution in [2.24, 2.45) is 0 Å². The van der Waals surface area contributed by atoms with Crippen LogP contribution in [-0.2, 0) is 0 Å². The minimum atomic E-state index is -0.966. The number of rotatable bonds is 2. The van der Waals surface area contributed by atoms with Crippen LogP contribution in [0.1, 0.15) is 35.7 Å². The van der Waals surface area contributed by atoms with E-state index in [9.17, 15) is 4.79 Å². The fourth-order valence-corrected chi connectivity index (χ4v) is 2.20. The summed E-state index contributed by atoms with van der Waals surface area (Å²) in [4.78, 5) is 11.0. The summed E-state index contributed by atoms with van der Waals surface area (Å²) in [5, 5.41) is 9.66. The maximum Gasteiger partial charge on any atom is 0.339 e. The maximum atomic E-state index is 11.0. The lowest BCUT2D eigenvalue weighted by Crippen LogP contribution is -1.94. The molecule has 0 bridgehead atoms. The van der Waals surface area contributed by atoms with Crippen molar-refractivity contribution in [2.75, 3.05) is 0 Å². The molecule has 2 rings (SSSR count). The van der Waals surface area contributed by atoms with Crippen molar-refractivity contribution in [3.05, 3.63) is 34.0 Å². The molecule has 0 saturated carbocycles. The summed E-state index contributed by atoms with van der Waals surface area (Å²) in [7, 11) is 0. The second-order valence-corrected chi connectivity index (χ2v) is 4.90. The number of furan rings is 1. The smallest absolute Gasteiger partial charge is 0.339 e. The van der Waals surface area contributed by atoms with Crippen LogP contribution in [0.15, 0.2) is 27.3 Å². The Morgan fingerprint density at radius 3 is 2.69 bits per heavy atom. The summed E-state index contributed by atoms with van der Waals surface area (Å²) in [6.07, 6.45) is 1.30. The Kier molecular flexibility index (Phi) is 2.76. The first-order valence-corrected chi connectivity index (χ1v) is 5.74. The molecule has 0 fully saturated rings. The minimum absolute atomic E-state index is 0.207. The molecule has 1 aromatic heterocycles. The molecular formula is C12H11BrO3. The van der Waals surface area contributed by atoms with Gasteiger partial charge in [-0.3, -0.25) is 0 Å². The van der Waals surface area contributed by atoms with Crippen molar-refractivity contribution in [2.45, 2.75) is 19.8 Å². The van der Waals surface area contributed by atoms with E-state index in [-0.39, 0.29) is 11.5 Å². The average Bonchev–Trinajstić information content (AvgIpc) is 2.59. The Labute approximate surface area is 101 Å². The molecule has 84 valence electrons. The molecule has 2 aromatic rings. The zero-order chi connectivity index (χ0) is 11.9. The van der Waals surface area contributed by atoms with Crippen LogP contribution in [-0.4, -0.2) is 11.1 Å². The van der Waals surface area contributed by atoms with Gasteiger partial charge in [0.05, 0.1) is 0 Å². The first-order chi connectivity index (χ1) is 7.50. The van der Waals surface area contributed by atoms with Gasteiger partial charge in [-0.15, -0.1) is 0 Å². The molecular weight excluding hydrogens is 272 g/mol. The van der Waals surface area contributed by atoms with Crippen LogP contribution in [0.25, 0.3) is 11.0 Å². The van der Waals surface area contributed by atoms with Crippen molar-refractivity contribution < 1.29 is 14.3 Å². The quantitative estimate of drug-likeness (QED) is 0.905. The van der Waals surface area contributed by atoms with E-state index in [4.69, 9.17) is 9.52 Å². The molecule has 4 heteroatoms. The van der Waals surface area contributed by atoms with E-state index in [1.54, 1.807) is 6.07 Å². The summed E-state index contributed by atoms with van der Waals surface area (Å²) in [5.74, 6) is -0.681. The normalized spacial score (nSPS) is 11.2. The van der Waals surface area contributed by atoms with Gasteiger partial charge in [-0.2, -0.15) is 0 Å². The van der Waals surface area contributed by atoms with Crippen LogP contribution in [0, 0.1) is 0 Å². The second kappa shape index (κ2) is 3.94. The van der Waals surface area contributed by atoms with E-state index in [1.807, 2.05) is 19.9 Å². The molecule has 0 amide bonds. The van der Waals surface area contributed by atoms with E-state index in [1.165, 1.54) is 6.26 Å². The van der Waals surface area contributed by atoms with Gasteiger partial charge in [0.25, 0.3) is 0 Å². The predicted octanol–water partition coefficient (Wildman–Crippen LogP) is 4.02. The number of aromatic carboxylic acids is 1. The number of benzene rings is 1. The molecule has 1 heterocycles. The van der Waals surface area contributed by atoms with Crippen LogP contribution < -0.4 is 0 Å². The third-order valence-electron chi connectivity index (χ3n) is 2.52. The SMILES string of the molecule is CC(C)c1cc(Br)cc2c(C(=O)O)coc12. The number of hydrogen-bond acceptors (Lipinski definition) is 2. The molecule has 0 saturated heterocycles. The van der Waals surface area contributed by atoms with Crippen molar-refractivity contribution >= 4 is 32.9 Å². The van der Waals surface area contributed by atoms with Gasteiger partial charge in [-0.05, 0) is 23.6 Å². The standard InChI is InChI=1S/C12H11BrO3/c1-6(2)8-3-7(13)4-9-10(12(14)15)5-16-11(8)9/h3-6H,1-2H3,(H,14,15). The number of hydrogen-bond donors (Lipinski definition) is 1. The average molecular weight is 283 g/mol. The second-order valence-electron chi connectivity index (χ2n) is 3.98. The van der Waals surface area contributed by atoms with Gasteiger partial charge < -0.3 is 9.52 Å². The van der Waals surface area contributed by atoms with E-state index < -0.39 is 5.97 Å². The highest BCUT2D eigenvalue weighted by Crippen LogP contribution is 2.32. The van der Waals surface area contributed by atoms with Crippen LogP contribution >= 0.6 is 15.9 Å². The molecule has 0 aliphatic heterocycles. The molecule has 1 N–H and O–H groups in total. The highest BCUT2D eigenvalue weighted by molar-refractivity contribution is 9.10. The third-order valence-corrected chi connectivity index (χ3v) is 2.98. The van der Waals surface area contributed by atoms with Crippen molar-refractivity contribution in [3.8, 4) is 0 Å². The van der Waals surface area contributed by atoms with E-state index in [0.29, 0.717) is 11.0 Å². The van der Waals surface area contributed by atoms with Gasteiger partial charge in [0, 0.05) is 9.86 Å². The Hall–Kier alpha value is -1.29. The number of halogens is 1. The Balaban J connectivity index is 2.80. The topological polar surface area (TPSA) is 50.4 Å². The predicted molar refractivity (Wildman–Crippen MR) is 65.0 cm³/mol. The number of carbonyl (C=O) groups is 1. The Morgan fingerprint density at radius 1 is 1.44 bits per heavy atom. The minimum Gasteiger partial charge on any atom is -0.478 e. The van der Waals surface area contributed by atoms with Gasteiger partial charge in [-0.1, -0.05) is 29.8 Å². The third kappa shape index (κ3) is 1.73. The van der Waals surface area contributed by atoms with Crippen molar-refractivity contribution in [1.29, 1.82) is 0 Å². The summed E-state index contributed by atoms with van der Waals surface area (Å²) >= 11 is 3.38. The first kappa shape index (κ1) is 11.2. The van der Waals surface area contributed by atoms with Crippen LogP contribution in [0.4, 0.5) is 0 Å². The van der Waals surface area contributed by atoms with E-state index in [0.717, 1.165) is 10.0 Å². The van der Waals surface area contributed by atoms with Gasteiger partial charge in [-0.25, -0.2) is 4.79 Å². The zero-order valence-electron chi connectivity index (χ0n) is 8.95. The maximum absolute atomic E-state index is 11.0. The Morgan fingerprint density at radius 2 is 2.12 bits per heavy atom. The highest BCUT2D eigenvalue weighted by Gasteiger charge is 2.17. The van der Waals surface area contributed by atoms with Crippen LogP contribution in [0.5, 0.6) is 0 Å². The summed E-state index contributed by atoms with van der Waals surface area (Å²) in [6, 6.07) is 3.73. The van der Waals surface area contributed by atoms with Gasteiger partial charge in [0.2, 0.25) is 0 Å². The monoisotopic (exact) mass is 282 g/mol. The fourth-order valence-electron chi connectivity index (χ4n) is 1.72. The Bertz CT molecular complexity index is 555. The molecule has 0 radical (unpaired) electrons. The molecule has 0 aliphatic carbocycles. The summed E-state index contributed by atoms with van der Waals surface area (Å²) in [5.41, 5.74) is 1.88. The number of carboxylic acids is 1. The van der Waals surface area contributed by atoms with Gasteiger partial charge in [0.15, 0.2) is 0 Å². The number of carboxylic acid groups (broad SMARTS) is 1. The summed E-state index contributed by atoms with van der Waals surface area (Å²) < 4.78 is 6.22. The van der Waals surface area contributed by atoms with E-state index >= 15 is 0 Å². The molecule has 0 aliphatic rings. The number of fused-ring (bicyclic) bond motifs is 1. The van der Waals surface area contributed by atoms with Crippen molar-refractivity contribution in [1.82, 2.24) is 0 Å². The van der Waals surface area contributed by atoms with Gasteiger partial charge in [0.1, 0.15) is 17.4 Å². The molecule has 0 atom stereocenters. The lowest BCUT2D eigenvalue weighted by atomic mass is 10.0. The molecule has 16 heavy (non-hydrogen) atoms. The highest BCUT2D eigenvalue weighted by atomic mass is 79.9.